The number of para-hydroxylation sites is 3. The van der Waals surface area contributed by atoms with Gasteiger partial charge in [0, 0.05) is 44.5 Å². The summed E-state index contributed by atoms with van der Waals surface area (Å²) in [7, 11) is 0. The SMILES string of the molecule is [2H]C([2H])([2H])c1ccnc(-n2c3ccccc3c3ccc(Oc4cccc(N5CN(c6cccc(C(C)(C)C)c6-c6ccccc6)c6ccccc65)c4)cc32)c1. The number of rotatable bonds is 6. The van der Waals surface area contributed by atoms with Gasteiger partial charge in [0.1, 0.15) is 24.0 Å². The van der Waals surface area contributed by atoms with E-state index in [1.54, 1.807) is 18.3 Å². The summed E-state index contributed by atoms with van der Waals surface area (Å²) in [6, 6.07) is 51.5. The predicted octanol–water partition coefficient (Wildman–Crippen LogP) is 12.5. The minimum Gasteiger partial charge on any atom is -0.457 e. The predicted molar refractivity (Wildman–Crippen MR) is 216 cm³/mol. The molecule has 5 heteroatoms. The Hall–Kier alpha value is -6.33. The summed E-state index contributed by atoms with van der Waals surface area (Å²) in [6.07, 6.45) is 1.56. The van der Waals surface area contributed by atoms with Gasteiger partial charge in [-0.3, -0.25) is 4.57 Å². The van der Waals surface area contributed by atoms with Crippen LogP contribution in [0.3, 0.4) is 0 Å². The first-order valence-corrected chi connectivity index (χ1v) is 17.7. The highest BCUT2D eigenvalue weighted by Gasteiger charge is 2.31. The Morgan fingerprint density at radius 1 is 0.615 bits per heavy atom. The molecule has 254 valence electrons. The van der Waals surface area contributed by atoms with Crippen molar-refractivity contribution < 1.29 is 8.85 Å². The van der Waals surface area contributed by atoms with Crippen LogP contribution in [0.2, 0.25) is 0 Å². The van der Waals surface area contributed by atoms with E-state index in [4.69, 9.17) is 8.85 Å². The summed E-state index contributed by atoms with van der Waals surface area (Å²) in [5.41, 5.74) is 10.2. The van der Waals surface area contributed by atoms with Gasteiger partial charge in [-0.25, -0.2) is 4.98 Å². The molecule has 3 heterocycles. The van der Waals surface area contributed by atoms with Crippen LogP contribution >= 0.6 is 0 Å². The molecule has 52 heavy (non-hydrogen) atoms. The van der Waals surface area contributed by atoms with Gasteiger partial charge in [0.05, 0.1) is 28.1 Å². The van der Waals surface area contributed by atoms with Gasteiger partial charge < -0.3 is 14.5 Å². The molecule has 0 spiro atoms. The highest BCUT2D eigenvalue weighted by molar-refractivity contribution is 6.09. The molecule has 8 aromatic rings. The van der Waals surface area contributed by atoms with Crippen LogP contribution in [-0.2, 0) is 5.41 Å². The third-order valence-corrected chi connectivity index (χ3v) is 9.93. The smallest absolute Gasteiger partial charge is 0.137 e. The van der Waals surface area contributed by atoms with E-state index in [0.717, 1.165) is 38.9 Å². The lowest BCUT2D eigenvalue weighted by molar-refractivity contribution is 0.483. The minimum atomic E-state index is -2.25. The summed E-state index contributed by atoms with van der Waals surface area (Å²) >= 11 is 0. The zero-order chi connectivity index (χ0) is 37.9. The molecule has 0 radical (unpaired) electrons. The Balaban J connectivity index is 1.09. The van der Waals surface area contributed by atoms with E-state index < -0.39 is 6.85 Å². The molecule has 0 bridgehead atoms. The number of hydrogen-bond donors (Lipinski definition) is 0. The molecule has 0 amide bonds. The molecule has 0 aliphatic carbocycles. The molecule has 0 atom stereocenters. The number of nitrogens with zero attached hydrogens (tertiary/aromatic N) is 4. The van der Waals surface area contributed by atoms with E-state index >= 15 is 0 Å². The average molecular weight is 680 g/mol. The van der Waals surface area contributed by atoms with E-state index in [2.05, 4.69) is 133 Å². The summed E-state index contributed by atoms with van der Waals surface area (Å²) in [5.74, 6) is 1.91. The number of anilines is 4. The van der Waals surface area contributed by atoms with Gasteiger partial charge in [-0.2, -0.15) is 0 Å². The van der Waals surface area contributed by atoms with Crippen molar-refractivity contribution in [3.05, 3.63) is 169 Å². The fourth-order valence-electron chi connectivity index (χ4n) is 7.59. The second-order valence-corrected chi connectivity index (χ2v) is 14.3. The van der Waals surface area contributed by atoms with Gasteiger partial charge >= 0.3 is 0 Å². The maximum Gasteiger partial charge on any atom is 0.137 e. The summed E-state index contributed by atoms with van der Waals surface area (Å²) < 4.78 is 32.6. The first-order chi connectivity index (χ1) is 26.5. The monoisotopic (exact) mass is 679 g/mol. The number of pyridine rings is 1. The van der Waals surface area contributed by atoms with Crippen LogP contribution in [0.1, 0.15) is 36.0 Å². The second-order valence-electron chi connectivity index (χ2n) is 14.3. The largest absolute Gasteiger partial charge is 0.457 e. The molecular weight excluding hydrogens is 637 g/mol. The lowest BCUT2D eigenvalue weighted by Gasteiger charge is -2.30. The van der Waals surface area contributed by atoms with Crippen LogP contribution in [0.5, 0.6) is 11.5 Å². The topological polar surface area (TPSA) is 33.5 Å². The number of benzene rings is 6. The van der Waals surface area contributed by atoms with Crippen LogP contribution in [-0.4, -0.2) is 16.2 Å². The van der Waals surface area contributed by atoms with Gasteiger partial charge in [0.25, 0.3) is 0 Å². The van der Waals surface area contributed by atoms with E-state index in [0.29, 0.717) is 24.0 Å². The Kier molecular flexibility index (Phi) is 6.80. The maximum atomic E-state index is 8.00. The normalized spacial score (nSPS) is 13.9. The molecule has 0 saturated heterocycles. The first kappa shape index (κ1) is 28.4. The Labute approximate surface area is 309 Å². The Morgan fingerprint density at radius 2 is 1.33 bits per heavy atom. The molecule has 5 nitrogen and oxygen atoms in total. The molecule has 0 fully saturated rings. The molecule has 1 aliphatic rings. The molecule has 0 N–H and O–H groups in total. The van der Waals surface area contributed by atoms with Gasteiger partial charge in [-0.05, 0) is 89.6 Å². The van der Waals surface area contributed by atoms with E-state index in [9.17, 15) is 0 Å². The van der Waals surface area contributed by atoms with Crippen molar-refractivity contribution in [1.82, 2.24) is 9.55 Å². The first-order valence-electron chi connectivity index (χ1n) is 19.2. The number of fused-ring (bicyclic) bond motifs is 4. The van der Waals surface area contributed by atoms with Crippen molar-refractivity contribution in [2.45, 2.75) is 33.0 Å². The van der Waals surface area contributed by atoms with Crippen molar-refractivity contribution in [3.63, 3.8) is 0 Å². The third kappa shape index (κ3) is 5.46. The number of aromatic nitrogens is 2. The zero-order valence-electron chi connectivity index (χ0n) is 32.4. The quantitative estimate of drug-likeness (QED) is 0.175. The molecular formula is C47H40N4O. The summed E-state index contributed by atoms with van der Waals surface area (Å²) in [4.78, 5) is 9.37. The van der Waals surface area contributed by atoms with Gasteiger partial charge in [0.2, 0.25) is 0 Å². The third-order valence-electron chi connectivity index (χ3n) is 9.93. The van der Waals surface area contributed by atoms with Crippen molar-refractivity contribution in [3.8, 4) is 28.4 Å². The minimum absolute atomic E-state index is 0.0541. The van der Waals surface area contributed by atoms with Crippen molar-refractivity contribution in [2.24, 2.45) is 0 Å². The van der Waals surface area contributed by atoms with Crippen LogP contribution in [0.25, 0.3) is 38.8 Å². The van der Waals surface area contributed by atoms with E-state index in [1.165, 1.54) is 22.4 Å². The summed E-state index contributed by atoms with van der Waals surface area (Å²) in [6.45, 7) is 5.22. The molecule has 2 aromatic heterocycles. The standard InChI is InChI=1S/C47H40N4O/c1-32-26-27-48-45(28-32)51-40-20-9-8-18-37(40)38-25-24-36(30-44(38)51)52-35-17-12-16-34(29-35)49-31-50(42-22-11-10-21-41(42)49)43-23-13-19-39(47(2,3)4)46(43)33-14-6-5-7-15-33/h5-30H,31H2,1-4H3/i1D3. The lowest BCUT2D eigenvalue weighted by Crippen LogP contribution is -2.25. The fourth-order valence-corrected chi connectivity index (χ4v) is 7.59. The highest BCUT2D eigenvalue weighted by Crippen LogP contribution is 2.49. The Morgan fingerprint density at radius 3 is 2.15 bits per heavy atom. The van der Waals surface area contributed by atoms with Crippen LogP contribution in [0.15, 0.2) is 158 Å². The number of aryl methyl sites for hydroxylation is 1. The molecule has 9 rings (SSSR count). The molecule has 0 unspecified atom stereocenters. The average Bonchev–Trinajstić information content (AvgIpc) is 3.73. The lowest BCUT2D eigenvalue weighted by atomic mass is 9.81. The van der Waals surface area contributed by atoms with Crippen LogP contribution < -0.4 is 14.5 Å². The number of hydrogen-bond acceptors (Lipinski definition) is 4. The number of ether oxygens (including phenoxy) is 1. The van der Waals surface area contributed by atoms with Crippen LogP contribution in [0.4, 0.5) is 22.7 Å². The molecule has 1 aliphatic heterocycles. The van der Waals surface area contributed by atoms with E-state index in [-0.39, 0.29) is 11.0 Å². The zero-order valence-corrected chi connectivity index (χ0v) is 29.4. The Bertz CT molecular complexity index is 2710. The van der Waals surface area contributed by atoms with Gasteiger partial charge in [-0.1, -0.05) is 99.6 Å². The summed E-state index contributed by atoms with van der Waals surface area (Å²) in [5, 5.41) is 2.07. The van der Waals surface area contributed by atoms with Gasteiger partial charge in [-0.15, -0.1) is 0 Å². The van der Waals surface area contributed by atoms with Crippen molar-refractivity contribution in [1.29, 1.82) is 0 Å². The highest BCUT2D eigenvalue weighted by atomic mass is 16.5. The fraction of sp³-hybridized carbons (Fsp3) is 0.128. The van der Waals surface area contributed by atoms with Crippen LogP contribution in [0, 0.1) is 6.85 Å². The van der Waals surface area contributed by atoms with Crippen molar-refractivity contribution >= 4 is 44.6 Å². The van der Waals surface area contributed by atoms with Gasteiger partial charge in [0.15, 0.2) is 0 Å². The molecule has 0 saturated carbocycles. The molecule has 6 aromatic carbocycles. The van der Waals surface area contributed by atoms with Crippen molar-refractivity contribution in [2.75, 3.05) is 16.5 Å². The van der Waals surface area contributed by atoms with E-state index in [1.807, 2.05) is 47.0 Å². The second kappa shape index (κ2) is 12.5. The maximum absolute atomic E-state index is 8.00.